The Bertz CT molecular complexity index is 64.0. The summed E-state index contributed by atoms with van der Waals surface area (Å²) in [5.74, 6) is 0. The Morgan fingerprint density at radius 3 is 1.89 bits per heavy atom. The molecule has 0 atom stereocenters. The van der Waals surface area contributed by atoms with Crippen LogP contribution in [0.5, 0.6) is 0 Å². The van der Waals surface area contributed by atoms with Crippen molar-refractivity contribution in [2.75, 3.05) is 7.05 Å². The molecule has 0 unspecified atom stereocenters. The molecule has 1 aliphatic rings. The van der Waals surface area contributed by atoms with Gasteiger partial charge in [-0.15, -0.1) is 6.04 Å². The van der Waals surface area contributed by atoms with Crippen LogP contribution in [0.2, 0.25) is 0 Å². The number of hydrogen-bond donors (Lipinski definition) is 1. The molecule has 4 heteroatoms. The molecule has 0 aliphatic heterocycles. The van der Waals surface area contributed by atoms with Crippen LogP contribution in [-0.2, 0) is 40.8 Å². The Labute approximate surface area is 83.6 Å². The molecule has 9 heavy (non-hydrogen) atoms. The molecule has 1 rings (SSSR count). The van der Waals surface area contributed by atoms with Gasteiger partial charge in [-0.25, -0.2) is 0 Å². The molecule has 2 nitrogen and oxygen atoms in total. The van der Waals surface area contributed by atoms with E-state index in [9.17, 15) is 0 Å². The molecule has 0 spiro atoms. The van der Waals surface area contributed by atoms with Gasteiger partial charge in [-0.2, -0.15) is 0 Å². The first-order chi connectivity index (χ1) is 3.33. The second-order valence-electron chi connectivity index (χ2n) is 2.15. The van der Waals surface area contributed by atoms with Crippen LogP contribution in [-0.4, -0.2) is 19.1 Å². The average molecular weight is 472 g/mol. The van der Waals surface area contributed by atoms with E-state index in [1.807, 2.05) is 7.05 Å². The van der Waals surface area contributed by atoms with Crippen LogP contribution in [0, 0.1) is 0 Å². The van der Waals surface area contributed by atoms with Crippen LogP contribution >= 0.6 is 0 Å². The molecule has 0 heterocycles. The molecule has 0 aromatic carbocycles. The van der Waals surface area contributed by atoms with Gasteiger partial charge in [0.15, 0.2) is 0 Å². The van der Waals surface area contributed by atoms with Gasteiger partial charge in [0.25, 0.3) is 0 Å². The summed E-state index contributed by atoms with van der Waals surface area (Å²) >= 11 is 0. The van der Waals surface area contributed by atoms with E-state index in [0.717, 1.165) is 12.8 Å². The van der Waals surface area contributed by atoms with E-state index < -0.39 is 0 Å². The minimum atomic E-state index is 0. The van der Waals surface area contributed by atoms with Gasteiger partial charge in [-0.3, -0.25) is 0 Å². The van der Waals surface area contributed by atoms with Crippen LogP contribution < -0.4 is 5.32 Å². The molecular formula is C5H11N2Re2-. The third-order valence-corrected chi connectivity index (χ3v) is 1.55. The Morgan fingerprint density at radius 1 is 1.33 bits per heavy atom. The molecule has 1 saturated carbocycles. The quantitative estimate of drug-likeness (QED) is 0.603. The van der Waals surface area contributed by atoms with Crippen molar-refractivity contribution in [3.8, 4) is 0 Å². The second-order valence-corrected chi connectivity index (χ2v) is 2.15. The standard InChI is InChI=1S/C5H11N2.2Re/c1-7-5-2-4(6)3-5;;/h4-7H,2-3H2,1H3;;/q-1;;. The molecular weight excluding hydrogens is 460 g/mol. The van der Waals surface area contributed by atoms with Crippen molar-refractivity contribution in [2.24, 2.45) is 0 Å². The van der Waals surface area contributed by atoms with Crippen molar-refractivity contribution < 1.29 is 40.8 Å². The maximum atomic E-state index is 7.11. The molecule has 0 bridgehead atoms. The smallest absolute Gasteiger partial charge is 0.00362 e. The SMILES string of the molecule is CNC1CC([NH-])C1.[Re].[Re]. The molecule has 0 saturated heterocycles. The first-order valence-corrected chi connectivity index (χ1v) is 2.71. The van der Waals surface area contributed by atoms with Crippen LogP contribution in [0.3, 0.4) is 0 Å². The molecule has 1 aliphatic carbocycles. The summed E-state index contributed by atoms with van der Waals surface area (Å²) in [5.41, 5.74) is 7.11. The zero-order chi connectivity index (χ0) is 5.28. The topological polar surface area (TPSA) is 35.8 Å². The second kappa shape index (κ2) is 5.99. The predicted molar refractivity (Wildman–Crippen MR) is 30.2 cm³/mol. The molecule has 56 valence electrons. The fourth-order valence-corrected chi connectivity index (χ4v) is 0.854. The van der Waals surface area contributed by atoms with Crippen LogP contribution in [0.15, 0.2) is 0 Å². The Morgan fingerprint density at radius 2 is 1.78 bits per heavy atom. The van der Waals surface area contributed by atoms with E-state index in [4.69, 9.17) is 5.73 Å². The van der Waals surface area contributed by atoms with Crippen LogP contribution in [0.1, 0.15) is 12.8 Å². The third kappa shape index (κ3) is 3.84. The van der Waals surface area contributed by atoms with Crippen molar-refractivity contribution in [3.05, 3.63) is 5.73 Å². The van der Waals surface area contributed by atoms with Gasteiger partial charge in [-0.05, 0) is 7.05 Å². The largest absolute Gasteiger partial charge is 0.675 e. The zero-order valence-corrected chi connectivity index (χ0v) is 10.8. The van der Waals surface area contributed by atoms with E-state index in [1.54, 1.807) is 0 Å². The van der Waals surface area contributed by atoms with Crippen molar-refractivity contribution >= 4 is 0 Å². The Balaban J connectivity index is 0. The van der Waals surface area contributed by atoms with E-state index >= 15 is 0 Å². The van der Waals surface area contributed by atoms with Gasteiger partial charge in [0.1, 0.15) is 0 Å². The monoisotopic (exact) mass is 473 g/mol. The summed E-state index contributed by atoms with van der Waals surface area (Å²) in [4.78, 5) is 0. The summed E-state index contributed by atoms with van der Waals surface area (Å²) in [6, 6.07) is 0.889. The minimum Gasteiger partial charge on any atom is -0.675 e. The summed E-state index contributed by atoms with van der Waals surface area (Å²) in [5, 5.41) is 3.11. The summed E-state index contributed by atoms with van der Waals surface area (Å²) in [6.45, 7) is 0. The maximum Gasteiger partial charge on any atom is 0.00362 e. The van der Waals surface area contributed by atoms with E-state index in [0.29, 0.717) is 6.04 Å². The van der Waals surface area contributed by atoms with Crippen LogP contribution in [0.25, 0.3) is 5.73 Å². The first kappa shape index (κ1) is 12.9. The number of hydrogen-bond acceptors (Lipinski definition) is 1. The summed E-state index contributed by atoms with van der Waals surface area (Å²) in [6.07, 6.45) is 2.10. The molecule has 2 radical (unpaired) electrons. The molecule has 0 aromatic heterocycles. The van der Waals surface area contributed by atoms with E-state index in [1.165, 1.54) is 0 Å². The summed E-state index contributed by atoms with van der Waals surface area (Å²) < 4.78 is 0. The Kier molecular flexibility index (Phi) is 8.57. The Hall–Kier alpha value is 1.24. The van der Waals surface area contributed by atoms with Gasteiger partial charge in [0.2, 0.25) is 0 Å². The zero-order valence-electron chi connectivity index (χ0n) is 5.32. The fraction of sp³-hybridized carbons (Fsp3) is 1.00. The average Bonchev–Trinajstić information content (AvgIpc) is 1.58. The predicted octanol–water partition coefficient (Wildman–Crippen LogP) is 0.784. The molecule has 1 fully saturated rings. The number of nitrogens with one attached hydrogen (secondary N) is 2. The van der Waals surface area contributed by atoms with Crippen molar-refractivity contribution in [2.45, 2.75) is 24.9 Å². The third-order valence-electron chi connectivity index (χ3n) is 1.55. The molecule has 2 N–H and O–H groups in total. The maximum absolute atomic E-state index is 7.11. The van der Waals surface area contributed by atoms with Gasteiger partial charge < -0.3 is 11.1 Å². The minimum absolute atomic E-state index is 0. The van der Waals surface area contributed by atoms with Gasteiger partial charge >= 0.3 is 0 Å². The van der Waals surface area contributed by atoms with E-state index in [-0.39, 0.29) is 46.9 Å². The first-order valence-electron chi connectivity index (χ1n) is 2.71. The van der Waals surface area contributed by atoms with Gasteiger partial charge in [0.05, 0.1) is 0 Å². The van der Waals surface area contributed by atoms with Gasteiger partial charge in [0, 0.05) is 46.9 Å². The van der Waals surface area contributed by atoms with Crippen molar-refractivity contribution in [1.82, 2.24) is 5.32 Å². The van der Waals surface area contributed by atoms with Crippen LogP contribution in [0.4, 0.5) is 0 Å². The van der Waals surface area contributed by atoms with Crippen molar-refractivity contribution in [3.63, 3.8) is 0 Å². The molecule has 0 aromatic rings. The van der Waals surface area contributed by atoms with E-state index in [2.05, 4.69) is 5.32 Å². The fourth-order valence-electron chi connectivity index (χ4n) is 0.854. The normalized spacial score (nSPS) is 31.3. The molecule has 0 amide bonds. The summed E-state index contributed by atoms with van der Waals surface area (Å²) in [7, 11) is 1.95. The van der Waals surface area contributed by atoms with Crippen molar-refractivity contribution in [1.29, 1.82) is 0 Å². The van der Waals surface area contributed by atoms with Gasteiger partial charge in [-0.1, -0.05) is 12.8 Å². The number of rotatable bonds is 1.